The van der Waals surface area contributed by atoms with Crippen molar-refractivity contribution in [1.29, 1.82) is 0 Å². The first-order valence-corrected chi connectivity index (χ1v) is 11.9. The summed E-state index contributed by atoms with van der Waals surface area (Å²) >= 11 is 0. The van der Waals surface area contributed by atoms with Crippen LogP contribution in [0.3, 0.4) is 0 Å². The average Bonchev–Trinajstić information content (AvgIpc) is 2.73. The number of rotatable bonds is 8. The zero-order valence-corrected chi connectivity index (χ0v) is 18.0. The van der Waals surface area contributed by atoms with Crippen molar-refractivity contribution in [2.75, 3.05) is 16.2 Å². The quantitative estimate of drug-likeness (QED) is 0.662. The lowest BCUT2D eigenvalue weighted by molar-refractivity contribution is -0.120. The van der Waals surface area contributed by atoms with Crippen LogP contribution in [-0.2, 0) is 21.2 Å². The third kappa shape index (κ3) is 4.81. The van der Waals surface area contributed by atoms with Crippen LogP contribution < -0.4 is 9.62 Å². The van der Waals surface area contributed by atoms with Crippen molar-refractivity contribution in [3.63, 3.8) is 0 Å². The molecule has 1 N–H and O–H groups in total. The number of hydrogen-bond donors (Lipinski definition) is 1. The van der Waals surface area contributed by atoms with Crippen molar-refractivity contribution in [2.24, 2.45) is 5.92 Å². The van der Waals surface area contributed by atoms with Gasteiger partial charge in [0.1, 0.15) is 0 Å². The van der Waals surface area contributed by atoms with Gasteiger partial charge in [-0.3, -0.25) is 9.10 Å². The van der Waals surface area contributed by atoms with Gasteiger partial charge in [-0.2, -0.15) is 0 Å². The molecule has 1 heterocycles. The second-order valence-electron chi connectivity index (χ2n) is 7.60. The number of carbonyl (C=O) groups excluding carboxylic acids is 1. The van der Waals surface area contributed by atoms with Gasteiger partial charge in [-0.1, -0.05) is 44.9 Å². The Morgan fingerprint density at radius 2 is 1.76 bits per heavy atom. The van der Waals surface area contributed by atoms with E-state index in [1.54, 1.807) is 24.3 Å². The van der Waals surface area contributed by atoms with Gasteiger partial charge in [-0.05, 0) is 61.6 Å². The largest absolute Gasteiger partial charge is 0.326 e. The summed E-state index contributed by atoms with van der Waals surface area (Å²) in [6.45, 7) is 4.65. The van der Waals surface area contributed by atoms with Gasteiger partial charge < -0.3 is 5.32 Å². The highest BCUT2D eigenvalue weighted by Gasteiger charge is 2.29. The van der Waals surface area contributed by atoms with E-state index in [1.807, 2.05) is 24.3 Å². The van der Waals surface area contributed by atoms with Crippen molar-refractivity contribution in [3.05, 3.63) is 54.1 Å². The van der Waals surface area contributed by atoms with Crippen LogP contribution in [-0.4, -0.2) is 20.9 Å². The van der Waals surface area contributed by atoms with Crippen molar-refractivity contribution >= 4 is 27.3 Å². The highest BCUT2D eigenvalue weighted by molar-refractivity contribution is 7.92. The van der Waals surface area contributed by atoms with Gasteiger partial charge in [0.15, 0.2) is 0 Å². The number of fused-ring (bicyclic) bond motifs is 1. The zero-order valence-electron chi connectivity index (χ0n) is 17.2. The van der Waals surface area contributed by atoms with Crippen molar-refractivity contribution in [1.82, 2.24) is 0 Å². The van der Waals surface area contributed by atoms with Crippen LogP contribution >= 0.6 is 0 Å². The van der Waals surface area contributed by atoms with E-state index in [-0.39, 0.29) is 11.8 Å². The Hall–Kier alpha value is -2.34. The van der Waals surface area contributed by atoms with E-state index in [9.17, 15) is 13.2 Å². The first kappa shape index (κ1) is 21.4. The minimum atomic E-state index is -3.59. The molecule has 0 unspecified atom stereocenters. The van der Waals surface area contributed by atoms with E-state index < -0.39 is 10.0 Å². The molecule has 0 radical (unpaired) electrons. The zero-order chi connectivity index (χ0) is 20.9. The monoisotopic (exact) mass is 414 g/mol. The van der Waals surface area contributed by atoms with E-state index in [2.05, 4.69) is 19.2 Å². The third-order valence-corrected chi connectivity index (χ3v) is 7.23. The predicted octanol–water partition coefficient (Wildman–Crippen LogP) is 4.98. The van der Waals surface area contributed by atoms with Crippen molar-refractivity contribution in [3.8, 4) is 0 Å². The fraction of sp³-hybridized carbons (Fsp3) is 0.435. The maximum atomic E-state index is 13.1. The average molecular weight is 415 g/mol. The summed E-state index contributed by atoms with van der Waals surface area (Å²) in [4.78, 5) is 13.0. The lowest BCUT2D eigenvalue weighted by Crippen LogP contribution is -2.35. The molecule has 6 heteroatoms. The minimum absolute atomic E-state index is 0.0241. The number of aryl methyl sites for hydroxylation is 1. The van der Waals surface area contributed by atoms with Gasteiger partial charge in [-0.15, -0.1) is 0 Å². The summed E-state index contributed by atoms with van der Waals surface area (Å²) in [7, 11) is -3.59. The van der Waals surface area contributed by atoms with Crippen LogP contribution in [0.2, 0.25) is 0 Å². The van der Waals surface area contributed by atoms with Crippen LogP contribution in [0, 0.1) is 5.92 Å². The number of carbonyl (C=O) groups is 1. The first-order valence-electron chi connectivity index (χ1n) is 10.5. The van der Waals surface area contributed by atoms with Crippen LogP contribution in [0.25, 0.3) is 0 Å². The Labute approximate surface area is 174 Å². The highest BCUT2D eigenvalue weighted by atomic mass is 32.2. The molecular formula is C23H30N2O3S. The van der Waals surface area contributed by atoms with Gasteiger partial charge in [0, 0.05) is 18.2 Å². The molecule has 2 aromatic carbocycles. The van der Waals surface area contributed by atoms with E-state index in [1.165, 1.54) is 4.31 Å². The smallest absolute Gasteiger partial charge is 0.264 e. The second kappa shape index (κ2) is 9.44. The number of anilines is 2. The maximum absolute atomic E-state index is 13.1. The molecule has 1 aliphatic heterocycles. The van der Waals surface area contributed by atoms with Gasteiger partial charge in [0.2, 0.25) is 5.91 Å². The van der Waals surface area contributed by atoms with Gasteiger partial charge in [0.05, 0.1) is 10.6 Å². The fourth-order valence-electron chi connectivity index (χ4n) is 3.96. The summed E-state index contributed by atoms with van der Waals surface area (Å²) in [5.74, 6) is 0.0780. The molecule has 0 aliphatic carbocycles. The van der Waals surface area contributed by atoms with Crippen LogP contribution in [0.5, 0.6) is 0 Å². The number of sulfonamides is 1. The maximum Gasteiger partial charge on any atom is 0.264 e. The molecule has 0 atom stereocenters. The molecule has 0 bridgehead atoms. The van der Waals surface area contributed by atoms with Gasteiger partial charge in [0.25, 0.3) is 10.0 Å². The Morgan fingerprint density at radius 1 is 1.07 bits per heavy atom. The third-order valence-electron chi connectivity index (χ3n) is 5.40. The van der Waals surface area contributed by atoms with E-state index in [4.69, 9.17) is 0 Å². The molecule has 2 aromatic rings. The molecule has 29 heavy (non-hydrogen) atoms. The van der Waals surface area contributed by atoms with Crippen molar-refractivity contribution in [2.45, 2.75) is 57.3 Å². The lowest BCUT2D eigenvalue weighted by atomic mass is 9.97. The Kier molecular flexibility index (Phi) is 6.96. The van der Waals surface area contributed by atoms with Gasteiger partial charge in [-0.25, -0.2) is 8.42 Å². The summed E-state index contributed by atoms with van der Waals surface area (Å²) in [5, 5.41) is 3.04. The number of nitrogens with one attached hydrogen (secondary N) is 1. The minimum Gasteiger partial charge on any atom is -0.326 e. The number of hydrogen-bond acceptors (Lipinski definition) is 3. The Bertz CT molecular complexity index is 936. The summed E-state index contributed by atoms with van der Waals surface area (Å²) in [6.07, 6.45) is 5.28. The van der Waals surface area contributed by atoms with E-state index in [0.717, 1.165) is 49.8 Å². The molecule has 0 saturated heterocycles. The first-order chi connectivity index (χ1) is 14.0. The number of benzene rings is 2. The second-order valence-corrected chi connectivity index (χ2v) is 9.46. The normalized spacial score (nSPS) is 14.0. The molecule has 3 rings (SSSR count). The molecule has 1 amide bonds. The molecule has 5 nitrogen and oxygen atoms in total. The molecule has 0 aromatic heterocycles. The molecule has 0 saturated carbocycles. The van der Waals surface area contributed by atoms with Crippen LogP contribution in [0.1, 0.15) is 51.5 Å². The molecule has 1 aliphatic rings. The Balaban J connectivity index is 1.83. The van der Waals surface area contributed by atoms with Gasteiger partial charge >= 0.3 is 0 Å². The predicted molar refractivity (Wildman–Crippen MR) is 118 cm³/mol. The molecule has 0 spiro atoms. The summed E-state index contributed by atoms with van der Waals surface area (Å²) in [5.41, 5.74) is 2.40. The fourth-order valence-corrected chi connectivity index (χ4v) is 5.52. The van der Waals surface area contributed by atoms with E-state index >= 15 is 0 Å². The molecule has 0 fully saturated rings. The summed E-state index contributed by atoms with van der Waals surface area (Å²) in [6, 6.07) is 14.1. The number of nitrogens with zero attached hydrogens (tertiary/aromatic N) is 1. The SMILES string of the molecule is CCCC(CCC)C(=O)Nc1ccc2c(c1)CCCN2S(=O)(=O)c1ccccc1. The molecular weight excluding hydrogens is 384 g/mol. The molecule has 156 valence electrons. The summed E-state index contributed by atoms with van der Waals surface area (Å²) < 4.78 is 27.7. The Morgan fingerprint density at radius 3 is 2.41 bits per heavy atom. The topological polar surface area (TPSA) is 66.5 Å². The van der Waals surface area contributed by atoms with Crippen LogP contribution in [0.4, 0.5) is 11.4 Å². The number of amides is 1. The lowest BCUT2D eigenvalue weighted by Gasteiger charge is -2.31. The van der Waals surface area contributed by atoms with E-state index in [0.29, 0.717) is 17.1 Å². The highest BCUT2D eigenvalue weighted by Crippen LogP contribution is 2.34. The standard InChI is InChI=1S/C23H30N2O3S/c1-3-9-18(10-4-2)23(26)24-20-14-15-22-19(17-20)11-8-16-25(22)29(27,28)21-12-6-5-7-13-21/h5-7,12-15,17-18H,3-4,8-11,16H2,1-2H3,(H,24,26). The van der Waals surface area contributed by atoms with Crippen LogP contribution in [0.15, 0.2) is 53.4 Å². The van der Waals surface area contributed by atoms with Crippen molar-refractivity contribution < 1.29 is 13.2 Å².